The first-order chi connectivity index (χ1) is 14.1. The maximum absolute atomic E-state index is 13.4. The van der Waals surface area contributed by atoms with Crippen LogP contribution in [0.1, 0.15) is 76.0 Å². The van der Waals surface area contributed by atoms with Crippen molar-refractivity contribution < 1.29 is 25.6 Å². The zero-order valence-electron chi connectivity index (χ0n) is 18.1. The van der Waals surface area contributed by atoms with Crippen LogP contribution in [-0.4, -0.2) is 21.4 Å². The summed E-state index contributed by atoms with van der Waals surface area (Å²) in [7, 11) is -8.92. The third-order valence-electron chi connectivity index (χ3n) is 4.76. The Bertz CT molecular complexity index is 1150. The Balaban J connectivity index is 2.71. The summed E-state index contributed by atoms with van der Waals surface area (Å²) in [6, 6.07) is 6.32. The molecule has 31 heavy (non-hydrogen) atoms. The molecule has 0 radical (unpaired) electrons. The van der Waals surface area contributed by atoms with Crippen molar-refractivity contribution in [3.05, 3.63) is 48.1 Å². The predicted molar refractivity (Wildman–Crippen MR) is 136 cm³/mol. The van der Waals surface area contributed by atoms with Gasteiger partial charge in [-0.3, -0.25) is 0 Å². The Morgan fingerprint density at radius 1 is 0.742 bits per heavy atom. The van der Waals surface area contributed by atoms with E-state index in [2.05, 4.69) is 13.8 Å². The van der Waals surface area contributed by atoms with Gasteiger partial charge < -0.3 is 8.74 Å². The molecule has 0 aliphatic carbocycles. The lowest BCUT2D eigenvalue weighted by Crippen LogP contribution is -2.17. The fourth-order valence-corrected chi connectivity index (χ4v) is 8.69. The molecular weight excluding hydrogens is 666 g/mol. The molecule has 0 saturated heterocycles. The molecule has 2 aromatic carbocycles. The number of halogens is 2. The molecule has 10 heteroatoms. The van der Waals surface area contributed by atoms with Crippen molar-refractivity contribution in [2.45, 2.75) is 69.1 Å². The summed E-state index contributed by atoms with van der Waals surface area (Å²) in [5.74, 6) is 0.0756. The van der Waals surface area contributed by atoms with E-state index in [0.29, 0.717) is 11.1 Å². The monoisotopic (exact) mass is 691 g/mol. The van der Waals surface area contributed by atoms with Crippen molar-refractivity contribution in [3.8, 4) is 5.75 Å². The minimum atomic E-state index is -4.70. The van der Waals surface area contributed by atoms with Crippen molar-refractivity contribution in [1.29, 1.82) is 0 Å². The Labute approximate surface area is 212 Å². The highest BCUT2D eigenvalue weighted by molar-refractivity contribution is 14.1. The highest BCUT2D eigenvalue weighted by atomic mass is 127. The van der Waals surface area contributed by atoms with Gasteiger partial charge in [-0.15, -0.1) is 0 Å². The first kappa shape index (κ1) is 26.8. The predicted octanol–water partition coefficient (Wildman–Crippen LogP) is 5.94. The molecular formula is C21H25I2O6S2-. The van der Waals surface area contributed by atoms with E-state index in [4.69, 9.17) is 4.18 Å². The van der Waals surface area contributed by atoms with Crippen molar-refractivity contribution in [2.75, 3.05) is 0 Å². The first-order valence-corrected chi connectivity index (χ1v) is 14.6. The zero-order valence-corrected chi connectivity index (χ0v) is 24.0. The second-order valence-corrected chi connectivity index (χ2v) is 13.3. The molecule has 0 fully saturated rings. The summed E-state index contributed by atoms with van der Waals surface area (Å²) < 4.78 is 67.0. The first-order valence-electron chi connectivity index (χ1n) is 9.63. The molecule has 2 rings (SSSR count). The topological polar surface area (TPSA) is 101 Å². The molecule has 6 nitrogen and oxygen atoms in total. The van der Waals surface area contributed by atoms with Crippen LogP contribution in [0, 0.1) is 7.14 Å². The van der Waals surface area contributed by atoms with Crippen LogP contribution in [0.3, 0.4) is 0 Å². The lowest BCUT2D eigenvalue weighted by molar-refractivity contribution is 0.461. The van der Waals surface area contributed by atoms with Gasteiger partial charge in [0.15, 0.2) is 0 Å². The fourth-order valence-electron chi connectivity index (χ4n) is 3.17. The summed E-state index contributed by atoms with van der Waals surface area (Å²) >= 11 is 3.38. The SMILES string of the molecule is CC(C)c1cc(C(C)C)c(S(=O)(=O)Oc2cc(I)c(S(=O)(=O)[O-])c(I)c2)c(C(C)C)c1. The van der Waals surface area contributed by atoms with Gasteiger partial charge in [-0.25, -0.2) is 8.42 Å². The smallest absolute Gasteiger partial charge is 0.339 e. The molecule has 0 amide bonds. The molecule has 0 unspecified atom stereocenters. The largest absolute Gasteiger partial charge is 0.744 e. The number of rotatable bonds is 7. The number of hydrogen-bond acceptors (Lipinski definition) is 6. The van der Waals surface area contributed by atoms with Gasteiger partial charge in [-0.2, -0.15) is 8.42 Å². The molecule has 2 aromatic rings. The van der Waals surface area contributed by atoms with Gasteiger partial charge in [0.2, 0.25) is 0 Å². The number of hydrogen-bond donors (Lipinski definition) is 0. The van der Waals surface area contributed by atoms with Crippen LogP contribution >= 0.6 is 45.2 Å². The maximum atomic E-state index is 13.4. The summed E-state index contributed by atoms with van der Waals surface area (Å²) in [5.41, 5.74) is 2.41. The van der Waals surface area contributed by atoms with Gasteiger partial charge in [-0.1, -0.05) is 53.7 Å². The van der Waals surface area contributed by atoms with Gasteiger partial charge >= 0.3 is 10.1 Å². The molecule has 0 heterocycles. The third kappa shape index (κ3) is 6.12. The average molecular weight is 691 g/mol. The maximum Gasteiger partial charge on any atom is 0.339 e. The Morgan fingerprint density at radius 2 is 1.16 bits per heavy atom. The summed E-state index contributed by atoms with van der Waals surface area (Å²) in [6.45, 7) is 11.9. The van der Waals surface area contributed by atoms with Gasteiger partial charge in [-0.05, 0) is 91.8 Å². The standard InChI is InChI=1S/C21H26I2O6S2/c1-11(2)14-7-16(12(3)4)20(17(8-14)13(5)6)31(27,28)29-15-9-18(22)21(19(23)10-15)30(24,25)26/h7-13H,1-6H3,(H,24,25,26)/p-1. The van der Waals surface area contributed by atoms with Crippen molar-refractivity contribution >= 4 is 65.4 Å². The Morgan fingerprint density at radius 3 is 1.48 bits per heavy atom. The van der Waals surface area contributed by atoms with E-state index in [1.54, 1.807) is 45.2 Å². The van der Waals surface area contributed by atoms with E-state index in [1.165, 1.54) is 12.1 Å². The molecule has 0 saturated carbocycles. The lowest BCUT2D eigenvalue weighted by Gasteiger charge is -2.22. The molecule has 0 atom stereocenters. The van der Waals surface area contributed by atoms with Gasteiger partial charge in [0.1, 0.15) is 20.8 Å². The average Bonchev–Trinajstić information content (AvgIpc) is 2.57. The quantitative estimate of drug-likeness (QED) is 0.203. The van der Waals surface area contributed by atoms with Crippen LogP contribution < -0.4 is 4.18 Å². The summed E-state index contributed by atoms with van der Waals surface area (Å²) in [4.78, 5) is -0.238. The van der Waals surface area contributed by atoms with Gasteiger partial charge in [0.25, 0.3) is 0 Å². The minimum Gasteiger partial charge on any atom is -0.744 e. The third-order valence-corrected chi connectivity index (χ3v) is 9.51. The van der Waals surface area contributed by atoms with E-state index in [9.17, 15) is 21.4 Å². The molecule has 0 bridgehead atoms. The highest BCUT2D eigenvalue weighted by Gasteiger charge is 2.29. The summed E-state index contributed by atoms with van der Waals surface area (Å²) in [5, 5.41) is 0. The number of benzene rings is 2. The second kappa shape index (κ2) is 9.82. The zero-order chi connectivity index (χ0) is 23.9. The molecule has 0 aromatic heterocycles. The minimum absolute atomic E-state index is 0.0430. The van der Waals surface area contributed by atoms with Crippen LogP contribution in [0.25, 0.3) is 0 Å². The van der Waals surface area contributed by atoms with E-state index in [1.807, 2.05) is 39.8 Å². The Hall–Kier alpha value is -0.440. The van der Waals surface area contributed by atoms with Gasteiger partial charge in [0.05, 0.1) is 4.90 Å². The lowest BCUT2D eigenvalue weighted by atomic mass is 9.89. The van der Waals surface area contributed by atoms with Gasteiger partial charge in [0, 0.05) is 7.14 Å². The van der Waals surface area contributed by atoms with E-state index < -0.39 is 20.2 Å². The highest BCUT2D eigenvalue weighted by Crippen LogP contribution is 2.37. The van der Waals surface area contributed by atoms with Crippen LogP contribution in [0.4, 0.5) is 0 Å². The van der Waals surface area contributed by atoms with Crippen LogP contribution in [-0.2, 0) is 20.2 Å². The fraction of sp³-hybridized carbons (Fsp3) is 0.429. The van der Waals surface area contributed by atoms with Crippen molar-refractivity contribution in [1.82, 2.24) is 0 Å². The van der Waals surface area contributed by atoms with Crippen LogP contribution in [0.2, 0.25) is 0 Å². The Kier molecular flexibility index (Phi) is 8.49. The second-order valence-electron chi connectivity index (χ2n) is 8.20. The molecule has 0 aliphatic heterocycles. The molecule has 0 aliphatic rings. The van der Waals surface area contributed by atoms with Crippen molar-refractivity contribution in [3.63, 3.8) is 0 Å². The summed E-state index contributed by atoms with van der Waals surface area (Å²) in [6.07, 6.45) is 0. The molecule has 0 spiro atoms. The molecule has 172 valence electrons. The van der Waals surface area contributed by atoms with Crippen LogP contribution in [0.5, 0.6) is 5.75 Å². The normalized spacial score (nSPS) is 12.8. The van der Waals surface area contributed by atoms with Crippen LogP contribution in [0.15, 0.2) is 34.1 Å². The molecule has 0 N–H and O–H groups in total. The van der Waals surface area contributed by atoms with Crippen molar-refractivity contribution in [2.24, 2.45) is 0 Å². The van der Waals surface area contributed by atoms with E-state index in [-0.39, 0.29) is 40.4 Å². The van der Waals surface area contributed by atoms with E-state index >= 15 is 0 Å². The van der Waals surface area contributed by atoms with E-state index in [0.717, 1.165) is 5.56 Å².